The van der Waals surface area contributed by atoms with Crippen LogP contribution < -0.4 is 10.9 Å². The molecule has 0 amide bonds. The molecule has 5 nitrogen and oxygen atoms in total. The molecule has 2 aliphatic rings. The molecule has 0 radical (unpaired) electrons. The molecular weight excluding hydrogens is 592 g/mol. The second kappa shape index (κ2) is 15.2. The van der Waals surface area contributed by atoms with Gasteiger partial charge in [-0.25, -0.2) is 0 Å². The number of benzene rings is 2. The Hall–Kier alpha value is -1.79. The van der Waals surface area contributed by atoms with E-state index in [1.54, 1.807) is 0 Å². The van der Waals surface area contributed by atoms with Crippen molar-refractivity contribution in [1.82, 2.24) is 4.57 Å². The Morgan fingerprint density at radius 1 is 0.521 bits per heavy atom. The van der Waals surface area contributed by atoms with Crippen molar-refractivity contribution in [1.29, 1.82) is 0 Å². The van der Waals surface area contributed by atoms with Crippen LogP contribution in [-0.2, 0) is 25.2 Å². The predicted octanol–water partition coefficient (Wildman–Crippen LogP) is 10.1. The van der Waals surface area contributed by atoms with E-state index in [4.69, 9.17) is 18.6 Å². The summed E-state index contributed by atoms with van der Waals surface area (Å²) in [5.41, 5.74) is 3.19. The number of nitrogens with zero attached hydrogens (tertiary/aromatic N) is 1. The third-order valence-electron chi connectivity index (χ3n) is 12.1. The third kappa shape index (κ3) is 8.06. The summed E-state index contributed by atoms with van der Waals surface area (Å²) in [6.45, 7) is 22.7. The number of hydrogen-bond acceptors (Lipinski definition) is 4. The molecule has 2 saturated heterocycles. The fraction of sp³-hybridized carbons (Fsp3) is 0.707. The first-order valence-electron chi connectivity index (χ1n) is 19.5. The van der Waals surface area contributed by atoms with E-state index in [-0.39, 0.29) is 36.6 Å². The van der Waals surface area contributed by atoms with Crippen molar-refractivity contribution in [2.24, 2.45) is 5.92 Å². The molecule has 0 spiro atoms. The second-order valence-electron chi connectivity index (χ2n) is 17.0. The van der Waals surface area contributed by atoms with E-state index < -0.39 is 0 Å². The largest absolute Gasteiger partial charge is 0.494 e. The van der Waals surface area contributed by atoms with Crippen molar-refractivity contribution in [2.45, 2.75) is 182 Å². The molecule has 0 bridgehead atoms. The van der Waals surface area contributed by atoms with Gasteiger partial charge in [0.2, 0.25) is 0 Å². The van der Waals surface area contributed by atoms with Crippen LogP contribution in [0.3, 0.4) is 0 Å². The average molecular weight is 658 g/mol. The average Bonchev–Trinajstić information content (AvgIpc) is 3.54. The van der Waals surface area contributed by atoms with Crippen LogP contribution in [0.4, 0.5) is 0 Å². The maximum absolute atomic E-state index is 6.53. The molecule has 5 rings (SSSR count). The maximum atomic E-state index is 6.53. The van der Waals surface area contributed by atoms with Crippen LogP contribution in [0.15, 0.2) is 36.4 Å². The van der Waals surface area contributed by atoms with Gasteiger partial charge in [-0.05, 0) is 97.2 Å². The fourth-order valence-corrected chi connectivity index (χ4v) is 7.41. The van der Waals surface area contributed by atoms with Gasteiger partial charge in [0.1, 0.15) is 0 Å². The molecule has 264 valence electrons. The lowest BCUT2D eigenvalue weighted by molar-refractivity contribution is 0.00578. The Kier molecular flexibility index (Phi) is 11.9. The highest BCUT2D eigenvalue weighted by Crippen LogP contribution is 2.39. The molecule has 0 saturated carbocycles. The lowest BCUT2D eigenvalue weighted by Gasteiger charge is -2.32. The summed E-state index contributed by atoms with van der Waals surface area (Å²) in [6.07, 6.45) is 17.3. The molecule has 3 heterocycles. The van der Waals surface area contributed by atoms with Gasteiger partial charge in [0, 0.05) is 28.4 Å². The standard InChI is InChI=1S/C41H65B2NO4/c1-11-13-15-17-19-21-23-31(22-20-18-16-14-12-2)30-44-36-28-32(42-45-38(3,4)39(5,6)46-42)24-26-34(36)35-27-25-33(29-37(35)44)43-47-40(7,8)41(9,10)48-43/h24-29,31H,11-23,30H2,1-10H3. The highest BCUT2D eigenvalue weighted by atomic mass is 16.7. The van der Waals surface area contributed by atoms with Gasteiger partial charge < -0.3 is 23.2 Å². The Labute approximate surface area is 293 Å². The van der Waals surface area contributed by atoms with Gasteiger partial charge >= 0.3 is 14.2 Å². The number of rotatable bonds is 17. The minimum atomic E-state index is -0.386. The molecule has 1 aromatic heterocycles. The number of unbranched alkanes of at least 4 members (excludes halogenated alkanes) is 9. The monoisotopic (exact) mass is 658 g/mol. The third-order valence-corrected chi connectivity index (χ3v) is 12.1. The van der Waals surface area contributed by atoms with Gasteiger partial charge in [-0.3, -0.25) is 0 Å². The van der Waals surface area contributed by atoms with Gasteiger partial charge in [0.25, 0.3) is 0 Å². The van der Waals surface area contributed by atoms with E-state index >= 15 is 0 Å². The quantitative estimate of drug-likeness (QED) is 0.107. The lowest BCUT2D eigenvalue weighted by Crippen LogP contribution is -2.41. The lowest BCUT2D eigenvalue weighted by atomic mass is 9.78. The number of aromatic nitrogens is 1. The van der Waals surface area contributed by atoms with Gasteiger partial charge in [0.05, 0.1) is 22.4 Å². The summed E-state index contributed by atoms with van der Waals surface area (Å²) < 4.78 is 28.7. The van der Waals surface area contributed by atoms with Crippen LogP contribution >= 0.6 is 0 Å². The summed E-state index contributed by atoms with van der Waals surface area (Å²) >= 11 is 0. The second-order valence-corrected chi connectivity index (χ2v) is 17.0. The van der Waals surface area contributed by atoms with Crippen molar-refractivity contribution in [2.75, 3.05) is 0 Å². The first-order valence-corrected chi connectivity index (χ1v) is 19.5. The molecule has 2 fully saturated rings. The van der Waals surface area contributed by atoms with E-state index in [0.717, 1.165) is 17.5 Å². The van der Waals surface area contributed by atoms with E-state index in [2.05, 4.69) is 110 Å². The van der Waals surface area contributed by atoms with E-state index in [1.807, 2.05) is 0 Å². The summed E-state index contributed by atoms with van der Waals surface area (Å²) in [5.74, 6) is 0.637. The molecule has 3 aromatic rings. The molecule has 2 aromatic carbocycles. The molecule has 7 heteroatoms. The zero-order valence-electron chi connectivity index (χ0n) is 32.2. The van der Waals surface area contributed by atoms with Crippen molar-refractivity contribution < 1.29 is 18.6 Å². The Morgan fingerprint density at radius 3 is 1.25 bits per heavy atom. The molecule has 0 N–H and O–H groups in total. The van der Waals surface area contributed by atoms with Crippen molar-refractivity contribution >= 4 is 47.0 Å². The van der Waals surface area contributed by atoms with Crippen molar-refractivity contribution in [3.8, 4) is 0 Å². The van der Waals surface area contributed by atoms with Gasteiger partial charge in [-0.15, -0.1) is 0 Å². The van der Waals surface area contributed by atoms with Crippen LogP contribution in [-0.4, -0.2) is 41.2 Å². The molecule has 2 aliphatic heterocycles. The normalized spacial score (nSPS) is 20.4. The van der Waals surface area contributed by atoms with E-state index in [0.29, 0.717) is 5.92 Å². The Morgan fingerprint density at radius 2 is 0.875 bits per heavy atom. The van der Waals surface area contributed by atoms with E-state index in [9.17, 15) is 0 Å². The maximum Gasteiger partial charge on any atom is 0.494 e. The summed E-state index contributed by atoms with van der Waals surface area (Å²) in [5, 5.41) is 2.57. The SMILES string of the molecule is CCCCCCCCC(CCCCCCC)Cn1c2cc(B3OC(C)(C)C(C)(C)O3)ccc2c2ccc(B3OC(C)(C)C(C)(C)O3)cc21. The van der Waals surface area contributed by atoms with Crippen LogP contribution in [0.5, 0.6) is 0 Å². The van der Waals surface area contributed by atoms with Crippen molar-refractivity contribution in [3.05, 3.63) is 36.4 Å². The smallest absolute Gasteiger partial charge is 0.399 e. The predicted molar refractivity (Wildman–Crippen MR) is 206 cm³/mol. The van der Waals surface area contributed by atoms with Crippen LogP contribution in [0, 0.1) is 5.92 Å². The zero-order valence-corrected chi connectivity index (χ0v) is 32.2. The summed E-state index contributed by atoms with van der Waals surface area (Å²) in [4.78, 5) is 0. The molecule has 1 atom stereocenters. The summed E-state index contributed by atoms with van der Waals surface area (Å²) in [7, 11) is -0.771. The zero-order chi connectivity index (χ0) is 34.7. The van der Waals surface area contributed by atoms with Gasteiger partial charge in [-0.1, -0.05) is 109 Å². The van der Waals surface area contributed by atoms with Gasteiger partial charge in [0.15, 0.2) is 0 Å². The summed E-state index contributed by atoms with van der Waals surface area (Å²) in [6, 6.07) is 13.7. The van der Waals surface area contributed by atoms with Gasteiger partial charge in [-0.2, -0.15) is 0 Å². The molecule has 48 heavy (non-hydrogen) atoms. The molecule has 0 aliphatic carbocycles. The molecule has 1 unspecified atom stereocenters. The highest BCUT2D eigenvalue weighted by Gasteiger charge is 2.53. The minimum absolute atomic E-state index is 0.378. The first-order chi connectivity index (χ1) is 22.7. The van der Waals surface area contributed by atoms with E-state index in [1.165, 1.54) is 105 Å². The Balaban J connectivity index is 1.52. The van der Waals surface area contributed by atoms with Crippen LogP contribution in [0.1, 0.15) is 153 Å². The number of hydrogen-bond donors (Lipinski definition) is 0. The number of fused-ring (bicyclic) bond motifs is 3. The van der Waals surface area contributed by atoms with Crippen LogP contribution in [0.2, 0.25) is 0 Å². The minimum Gasteiger partial charge on any atom is -0.399 e. The highest BCUT2D eigenvalue weighted by molar-refractivity contribution is 6.63. The molecular formula is C41H65B2NO4. The topological polar surface area (TPSA) is 41.9 Å². The Bertz CT molecular complexity index is 1380. The van der Waals surface area contributed by atoms with Crippen molar-refractivity contribution in [3.63, 3.8) is 0 Å². The fourth-order valence-electron chi connectivity index (χ4n) is 7.41. The first kappa shape index (κ1) is 37.5. The van der Waals surface area contributed by atoms with Crippen LogP contribution in [0.25, 0.3) is 21.8 Å².